The topological polar surface area (TPSA) is 48.3 Å². The lowest BCUT2D eigenvalue weighted by Gasteiger charge is -2.13. The van der Waals surface area contributed by atoms with E-state index in [0.717, 1.165) is 28.3 Å². The summed E-state index contributed by atoms with van der Waals surface area (Å²) in [4.78, 5) is 4.50. The van der Waals surface area contributed by atoms with E-state index in [1.807, 2.05) is 78.5 Å². The highest BCUT2D eigenvalue weighted by molar-refractivity contribution is 6.42. The molecule has 1 heterocycles. The molecule has 4 rings (SSSR count). The lowest BCUT2D eigenvalue weighted by molar-refractivity contribution is 0.284. The molecule has 5 nitrogen and oxygen atoms in total. The van der Waals surface area contributed by atoms with E-state index in [1.54, 1.807) is 13.2 Å². The van der Waals surface area contributed by atoms with Crippen molar-refractivity contribution in [1.82, 2.24) is 9.55 Å². The SMILES string of the molecule is COc1cc(CNc2ncc(-c3ccc(Cl)c(Cl)c3)n2C)ccc1OCc1ccccc1. The number of ether oxygens (including phenoxy) is 2. The number of nitrogens with zero attached hydrogens (tertiary/aromatic N) is 2. The van der Waals surface area contributed by atoms with Crippen molar-refractivity contribution < 1.29 is 9.47 Å². The molecule has 164 valence electrons. The van der Waals surface area contributed by atoms with E-state index >= 15 is 0 Å². The number of nitrogens with one attached hydrogen (secondary N) is 1. The number of aromatic nitrogens is 2. The van der Waals surface area contributed by atoms with E-state index in [9.17, 15) is 0 Å². The van der Waals surface area contributed by atoms with Gasteiger partial charge in [0, 0.05) is 19.2 Å². The molecular weight excluding hydrogens is 445 g/mol. The molecule has 0 aliphatic rings. The summed E-state index contributed by atoms with van der Waals surface area (Å²) in [6.45, 7) is 1.07. The van der Waals surface area contributed by atoms with Gasteiger partial charge in [0.25, 0.3) is 0 Å². The molecule has 3 aromatic carbocycles. The minimum absolute atomic E-state index is 0.486. The van der Waals surface area contributed by atoms with Crippen LogP contribution >= 0.6 is 23.2 Å². The first-order chi connectivity index (χ1) is 15.5. The van der Waals surface area contributed by atoms with Gasteiger partial charge in [0.15, 0.2) is 11.5 Å². The van der Waals surface area contributed by atoms with E-state index in [4.69, 9.17) is 32.7 Å². The fraction of sp³-hybridized carbons (Fsp3) is 0.160. The third kappa shape index (κ3) is 5.01. The average Bonchev–Trinajstić information content (AvgIpc) is 3.19. The van der Waals surface area contributed by atoms with Gasteiger partial charge in [-0.3, -0.25) is 0 Å². The van der Waals surface area contributed by atoms with Crippen LogP contribution in [-0.4, -0.2) is 16.7 Å². The van der Waals surface area contributed by atoms with Crippen molar-refractivity contribution in [2.75, 3.05) is 12.4 Å². The molecule has 0 unspecified atom stereocenters. The molecule has 0 radical (unpaired) electrons. The second-order valence-corrected chi connectivity index (χ2v) is 8.08. The summed E-state index contributed by atoms with van der Waals surface area (Å²) < 4.78 is 13.5. The number of hydrogen-bond acceptors (Lipinski definition) is 4. The smallest absolute Gasteiger partial charge is 0.203 e. The maximum atomic E-state index is 6.16. The van der Waals surface area contributed by atoms with Crippen LogP contribution in [-0.2, 0) is 20.2 Å². The van der Waals surface area contributed by atoms with Crippen LogP contribution < -0.4 is 14.8 Å². The van der Waals surface area contributed by atoms with Crippen molar-refractivity contribution >= 4 is 29.2 Å². The Morgan fingerprint density at radius 1 is 0.906 bits per heavy atom. The van der Waals surface area contributed by atoms with Gasteiger partial charge in [-0.1, -0.05) is 65.7 Å². The van der Waals surface area contributed by atoms with Gasteiger partial charge in [0.05, 0.1) is 29.0 Å². The Labute approximate surface area is 197 Å². The normalized spacial score (nSPS) is 10.8. The van der Waals surface area contributed by atoms with Gasteiger partial charge >= 0.3 is 0 Å². The van der Waals surface area contributed by atoms with Crippen LogP contribution in [0, 0.1) is 0 Å². The maximum absolute atomic E-state index is 6.16. The van der Waals surface area contributed by atoms with Crippen LogP contribution in [0.2, 0.25) is 10.0 Å². The van der Waals surface area contributed by atoms with E-state index in [0.29, 0.717) is 34.7 Å². The van der Waals surface area contributed by atoms with Crippen molar-refractivity contribution in [3.05, 3.63) is 94.1 Å². The van der Waals surface area contributed by atoms with E-state index in [2.05, 4.69) is 10.3 Å². The highest BCUT2D eigenvalue weighted by Gasteiger charge is 2.11. The van der Waals surface area contributed by atoms with E-state index in [1.165, 1.54) is 0 Å². The third-order valence-electron chi connectivity index (χ3n) is 5.12. The summed E-state index contributed by atoms with van der Waals surface area (Å²) >= 11 is 12.2. The first-order valence-corrected chi connectivity index (χ1v) is 10.9. The van der Waals surface area contributed by atoms with Gasteiger partial charge < -0.3 is 19.4 Å². The van der Waals surface area contributed by atoms with Gasteiger partial charge in [-0.15, -0.1) is 0 Å². The minimum Gasteiger partial charge on any atom is -0.493 e. The molecule has 1 aromatic heterocycles. The Balaban J connectivity index is 1.43. The quantitative estimate of drug-likeness (QED) is 0.317. The second-order valence-electron chi connectivity index (χ2n) is 7.27. The summed E-state index contributed by atoms with van der Waals surface area (Å²) in [6, 6.07) is 21.5. The zero-order chi connectivity index (χ0) is 22.5. The number of hydrogen-bond donors (Lipinski definition) is 1. The number of imidazole rings is 1. The zero-order valence-electron chi connectivity index (χ0n) is 17.8. The molecular formula is C25H23Cl2N3O2. The number of anilines is 1. The molecule has 0 fully saturated rings. The van der Waals surface area contributed by atoms with Gasteiger partial charge in [0.2, 0.25) is 5.95 Å². The predicted octanol–water partition coefficient (Wildman–Crippen LogP) is 6.59. The second kappa shape index (κ2) is 9.98. The van der Waals surface area contributed by atoms with Gasteiger partial charge in [-0.2, -0.15) is 0 Å². The monoisotopic (exact) mass is 467 g/mol. The summed E-state index contributed by atoms with van der Waals surface area (Å²) in [6.07, 6.45) is 1.81. The molecule has 1 N–H and O–H groups in total. The van der Waals surface area contributed by atoms with Crippen LogP contribution in [0.25, 0.3) is 11.3 Å². The highest BCUT2D eigenvalue weighted by atomic mass is 35.5. The van der Waals surface area contributed by atoms with Crippen LogP contribution in [0.4, 0.5) is 5.95 Å². The van der Waals surface area contributed by atoms with Crippen LogP contribution in [0.15, 0.2) is 72.9 Å². The molecule has 0 saturated heterocycles. The van der Waals surface area contributed by atoms with Crippen molar-refractivity contribution in [1.29, 1.82) is 0 Å². The first kappa shape index (κ1) is 22.1. The molecule has 0 aliphatic carbocycles. The van der Waals surface area contributed by atoms with Crippen molar-refractivity contribution in [3.8, 4) is 22.8 Å². The molecule has 0 spiro atoms. The van der Waals surface area contributed by atoms with Crippen LogP contribution in [0.5, 0.6) is 11.5 Å². The lowest BCUT2D eigenvalue weighted by Crippen LogP contribution is -2.06. The molecule has 32 heavy (non-hydrogen) atoms. The highest BCUT2D eigenvalue weighted by Crippen LogP contribution is 2.31. The number of methoxy groups -OCH3 is 1. The molecule has 7 heteroatoms. The molecule has 0 bridgehead atoms. The Kier molecular flexibility index (Phi) is 6.88. The van der Waals surface area contributed by atoms with Crippen molar-refractivity contribution in [2.45, 2.75) is 13.2 Å². The van der Waals surface area contributed by atoms with Gasteiger partial charge in [-0.05, 0) is 35.4 Å². The van der Waals surface area contributed by atoms with Crippen molar-refractivity contribution in [2.24, 2.45) is 7.05 Å². The third-order valence-corrected chi connectivity index (χ3v) is 5.86. The fourth-order valence-corrected chi connectivity index (χ4v) is 3.65. The lowest BCUT2D eigenvalue weighted by atomic mass is 10.2. The largest absolute Gasteiger partial charge is 0.493 e. The summed E-state index contributed by atoms with van der Waals surface area (Å²) in [5.41, 5.74) is 4.04. The Hall–Kier alpha value is -3.15. The summed E-state index contributed by atoms with van der Waals surface area (Å²) in [7, 11) is 3.60. The zero-order valence-corrected chi connectivity index (χ0v) is 19.3. The van der Waals surface area contributed by atoms with Crippen LogP contribution in [0.3, 0.4) is 0 Å². The standard InChI is InChI=1S/C25H23Cl2N3O2/c1-30-22(19-9-10-20(26)21(27)13-19)15-29-25(30)28-14-18-8-11-23(24(12-18)31-2)32-16-17-6-4-3-5-7-17/h3-13,15H,14,16H2,1-2H3,(H,28,29). The van der Waals surface area contributed by atoms with Gasteiger partial charge in [-0.25, -0.2) is 4.98 Å². The fourth-order valence-electron chi connectivity index (χ4n) is 3.36. The summed E-state index contributed by atoms with van der Waals surface area (Å²) in [5, 5.41) is 4.41. The minimum atomic E-state index is 0.486. The number of rotatable bonds is 8. The van der Waals surface area contributed by atoms with Crippen molar-refractivity contribution in [3.63, 3.8) is 0 Å². The number of benzene rings is 3. The summed E-state index contributed by atoms with van der Waals surface area (Å²) in [5.74, 6) is 2.14. The van der Waals surface area contributed by atoms with Gasteiger partial charge in [0.1, 0.15) is 6.61 Å². The Morgan fingerprint density at radius 2 is 1.72 bits per heavy atom. The maximum Gasteiger partial charge on any atom is 0.203 e. The Morgan fingerprint density at radius 3 is 2.47 bits per heavy atom. The predicted molar refractivity (Wildman–Crippen MR) is 130 cm³/mol. The molecule has 0 atom stereocenters. The molecule has 4 aromatic rings. The first-order valence-electron chi connectivity index (χ1n) is 10.1. The molecule has 0 amide bonds. The number of halogens is 2. The van der Waals surface area contributed by atoms with E-state index in [-0.39, 0.29) is 0 Å². The average molecular weight is 468 g/mol. The Bertz CT molecular complexity index is 1210. The van der Waals surface area contributed by atoms with Crippen LogP contribution in [0.1, 0.15) is 11.1 Å². The van der Waals surface area contributed by atoms with E-state index < -0.39 is 0 Å². The molecule has 0 aliphatic heterocycles. The molecule has 0 saturated carbocycles.